The second-order valence-corrected chi connectivity index (χ2v) is 7.53. The number of esters is 1. The lowest BCUT2D eigenvalue weighted by molar-refractivity contribution is -0.150. The van der Waals surface area contributed by atoms with E-state index in [9.17, 15) is 14.7 Å². The first-order chi connectivity index (χ1) is 11.2. The van der Waals surface area contributed by atoms with Gasteiger partial charge in [-0.3, -0.25) is 0 Å². The molecule has 140 valence electrons. The maximum Gasteiger partial charge on any atom is 0.408 e. The molecule has 0 spiro atoms. The van der Waals surface area contributed by atoms with Crippen molar-refractivity contribution >= 4 is 12.1 Å². The fourth-order valence-electron chi connectivity index (χ4n) is 2.87. The lowest BCUT2D eigenvalue weighted by Crippen LogP contribution is -2.53. The first-order valence-corrected chi connectivity index (χ1v) is 9.09. The fraction of sp³-hybridized carbons (Fsp3) is 0.889. The van der Waals surface area contributed by atoms with E-state index in [0.717, 1.165) is 44.9 Å². The summed E-state index contributed by atoms with van der Waals surface area (Å²) in [6.07, 6.45) is 4.92. The highest BCUT2D eigenvalue weighted by Gasteiger charge is 2.36. The molecule has 0 aliphatic heterocycles. The van der Waals surface area contributed by atoms with Gasteiger partial charge in [0.15, 0.2) is 6.04 Å². The second-order valence-electron chi connectivity index (χ2n) is 7.53. The molecule has 0 aromatic rings. The summed E-state index contributed by atoms with van der Waals surface area (Å²) in [4.78, 5) is 24.4. The number of hydrogen-bond donors (Lipinski definition) is 2. The number of carbonyl (C=O) groups is 2. The van der Waals surface area contributed by atoms with E-state index in [0.29, 0.717) is 6.61 Å². The van der Waals surface area contributed by atoms with Gasteiger partial charge in [-0.05, 0) is 46.0 Å². The van der Waals surface area contributed by atoms with Crippen molar-refractivity contribution < 1.29 is 24.2 Å². The van der Waals surface area contributed by atoms with Crippen molar-refractivity contribution in [1.29, 1.82) is 0 Å². The normalized spacial score (nSPS) is 18.5. The molecule has 0 heterocycles. The molecule has 1 aliphatic rings. The van der Waals surface area contributed by atoms with Crippen LogP contribution in [-0.4, -0.2) is 41.5 Å². The fourth-order valence-corrected chi connectivity index (χ4v) is 2.87. The number of unbranched alkanes of at least 4 members (excludes halogenated alkanes) is 1. The van der Waals surface area contributed by atoms with Crippen LogP contribution in [0.25, 0.3) is 0 Å². The minimum Gasteiger partial charge on any atom is -0.464 e. The van der Waals surface area contributed by atoms with Crippen LogP contribution in [0, 0.1) is 5.92 Å². The number of aliphatic hydroxyl groups is 1. The van der Waals surface area contributed by atoms with Crippen LogP contribution in [0.1, 0.15) is 72.6 Å². The third kappa shape index (κ3) is 7.51. The van der Waals surface area contributed by atoms with Crippen molar-refractivity contribution in [3.63, 3.8) is 0 Å². The van der Waals surface area contributed by atoms with Crippen LogP contribution in [0.3, 0.4) is 0 Å². The lowest BCUT2D eigenvalue weighted by Gasteiger charge is -2.32. The molecule has 2 atom stereocenters. The number of carbonyl (C=O) groups excluding carboxylic acids is 2. The Balaban J connectivity index is 2.73. The molecule has 0 saturated heterocycles. The van der Waals surface area contributed by atoms with Crippen LogP contribution < -0.4 is 5.32 Å². The van der Waals surface area contributed by atoms with Crippen LogP contribution in [0.2, 0.25) is 0 Å². The molecule has 1 amide bonds. The number of aliphatic hydroxyl groups excluding tert-OH is 1. The molecule has 1 saturated carbocycles. The number of ether oxygens (including phenoxy) is 2. The van der Waals surface area contributed by atoms with E-state index in [1.54, 1.807) is 20.8 Å². The monoisotopic (exact) mass is 343 g/mol. The first-order valence-electron chi connectivity index (χ1n) is 9.09. The predicted molar refractivity (Wildman–Crippen MR) is 91.6 cm³/mol. The van der Waals surface area contributed by atoms with Crippen molar-refractivity contribution in [3.8, 4) is 0 Å². The maximum absolute atomic E-state index is 12.4. The highest BCUT2D eigenvalue weighted by atomic mass is 16.6. The van der Waals surface area contributed by atoms with Crippen LogP contribution in [-0.2, 0) is 14.3 Å². The summed E-state index contributed by atoms with van der Waals surface area (Å²) in [5.41, 5.74) is -0.670. The quantitative estimate of drug-likeness (QED) is 0.548. The van der Waals surface area contributed by atoms with E-state index in [4.69, 9.17) is 9.47 Å². The summed E-state index contributed by atoms with van der Waals surface area (Å²) < 4.78 is 10.4. The zero-order valence-corrected chi connectivity index (χ0v) is 15.5. The highest BCUT2D eigenvalue weighted by Crippen LogP contribution is 2.28. The van der Waals surface area contributed by atoms with Gasteiger partial charge in [-0.25, -0.2) is 9.59 Å². The maximum atomic E-state index is 12.4. The SMILES string of the molecule is CCCCOC(=O)C(NC(=O)OC(C)(C)C)C(O)C1CCCCC1. The molecular formula is C18H33NO5. The van der Waals surface area contributed by atoms with Crippen LogP contribution in [0.15, 0.2) is 0 Å². The zero-order valence-electron chi connectivity index (χ0n) is 15.5. The van der Waals surface area contributed by atoms with Gasteiger partial charge in [0.1, 0.15) is 5.60 Å². The summed E-state index contributed by atoms with van der Waals surface area (Å²) in [5, 5.41) is 13.1. The minimum atomic E-state index is -1.08. The molecule has 0 bridgehead atoms. The Hall–Kier alpha value is -1.30. The molecule has 1 rings (SSSR count). The molecular weight excluding hydrogens is 310 g/mol. The molecule has 1 fully saturated rings. The van der Waals surface area contributed by atoms with E-state index in [1.165, 1.54) is 0 Å². The summed E-state index contributed by atoms with van der Waals surface area (Å²) in [5.74, 6) is -0.593. The smallest absolute Gasteiger partial charge is 0.408 e. The van der Waals surface area contributed by atoms with Crippen LogP contribution >= 0.6 is 0 Å². The number of alkyl carbamates (subject to hydrolysis) is 1. The number of hydrogen-bond acceptors (Lipinski definition) is 5. The Kier molecular flexibility index (Phi) is 8.53. The van der Waals surface area contributed by atoms with Gasteiger partial charge >= 0.3 is 12.1 Å². The lowest BCUT2D eigenvalue weighted by atomic mass is 9.82. The Morgan fingerprint density at radius 2 is 1.83 bits per heavy atom. The van der Waals surface area contributed by atoms with E-state index < -0.39 is 29.8 Å². The van der Waals surface area contributed by atoms with Gasteiger partial charge in [-0.2, -0.15) is 0 Å². The van der Waals surface area contributed by atoms with Gasteiger partial charge in [-0.1, -0.05) is 32.6 Å². The molecule has 2 N–H and O–H groups in total. The molecule has 0 aromatic carbocycles. The van der Waals surface area contributed by atoms with Gasteiger partial charge in [-0.15, -0.1) is 0 Å². The standard InChI is InChI=1S/C18H33NO5/c1-5-6-12-23-16(21)14(19-17(22)24-18(2,3)4)15(20)13-10-8-7-9-11-13/h13-15,20H,5-12H2,1-4H3,(H,19,22). The Morgan fingerprint density at radius 1 is 1.21 bits per heavy atom. The second kappa shape index (κ2) is 9.87. The first kappa shape index (κ1) is 20.7. The summed E-state index contributed by atoms with van der Waals surface area (Å²) in [7, 11) is 0. The third-order valence-electron chi connectivity index (χ3n) is 4.14. The van der Waals surface area contributed by atoms with Crippen molar-refractivity contribution in [3.05, 3.63) is 0 Å². The number of nitrogens with one attached hydrogen (secondary N) is 1. The largest absolute Gasteiger partial charge is 0.464 e. The van der Waals surface area contributed by atoms with Gasteiger partial charge in [0.2, 0.25) is 0 Å². The molecule has 24 heavy (non-hydrogen) atoms. The van der Waals surface area contributed by atoms with Gasteiger partial charge in [0.05, 0.1) is 12.7 Å². The van der Waals surface area contributed by atoms with Gasteiger partial charge < -0.3 is 19.9 Å². The third-order valence-corrected chi connectivity index (χ3v) is 4.14. The topological polar surface area (TPSA) is 84.9 Å². The van der Waals surface area contributed by atoms with Gasteiger partial charge in [0, 0.05) is 0 Å². The Labute approximate surface area is 145 Å². The van der Waals surface area contributed by atoms with Crippen molar-refractivity contribution in [2.24, 2.45) is 5.92 Å². The number of amides is 1. The van der Waals surface area contributed by atoms with E-state index >= 15 is 0 Å². The average molecular weight is 343 g/mol. The predicted octanol–water partition coefficient (Wildman–Crippen LogP) is 3.16. The molecule has 6 nitrogen and oxygen atoms in total. The molecule has 6 heteroatoms. The molecule has 2 unspecified atom stereocenters. The van der Waals surface area contributed by atoms with Crippen molar-refractivity contribution in [2.75, 3.05) is 6.61 Å². The highest BCUT2D eigenvalue weighted by molar-refractivity contribution is 5.82. The summed E-state index contributed by atoms with van der Waals surface area (Å²) >= 11 is 0. The summed E-state index contributed by atoms with van der Waals surface area (Å²) in [6.45, 7) is 7.54. The molecule has 1 aliphatic carbocycles. The summed E-state index contributed by atoms with van der Waals surface area (Å²) in [6, 6.07) is -1.08. The number of rotatable bonds is 7. The van der Waals surface area contributed by atoms with Crippen LogP contribution in [0.5, 0.6) is 0 Å². The minimum absolute atomic E-state index is 0.00240. The zero-order chi connectivity index (χ0) is 18.2. The van der Waals surface area contributed by atoms with E-state index in [1.807, 2.05) is 6.92 Å². The Bertz CT molecular complexity index is 399. The van der Waals surface area contributed by atoms with Gasteiger partial charge in [0.25, 0.3) is 0 Å². The van der Waals surface area contributed by atoms with Crippen molar-refractivity contribution in [1.82, 2.24) is 5.32 Å². The molecule has 0 radical (unpaired) electrons. The van der Waals surface area contributed by atoms with E-state index in [2.05, 4.69) is 5.32 Å². The Morgan fingerprint density at radius 3 is 2.38 bits per heavy atom. The van der Waals surface area contributed by atoms with Crippen LogP contribution in [0.4, 0.5) is 4.79 Å². The average Bonchev–Trinajstić information content (AvgIpc) is 2.51. The van der Waals surface area contributed by atoms with E-state index in [-0.39, 0.29) is 5.92 Å². The van der Waals surface area contributed by atoms with Crippen molar-refractivity contribution in [2.45, 2.75) is 90.4 Å². The molecule has 0 aromatic heterocycles.